The lowest BCUT2D eigenvalue weighted by Crippen LogP contribution is -2.45. The number of rotatable bonds is 5. The van der Waals surface area contributed by atoms with Crippen LogP contribution in [0.5, 0.6) is 5.75 Å². The summed E-state index contributed by atoms with van der Waals surface area (Å²) < 4.78 is 40.6. The molecule has 144 valence electrons. The van der Waals surface area contributed by atoms with Crippen molar-refractivity contribution in [1.82, 2.24) is 14.8 Å². The number of nitrogens with zero attached hydrogens (tertiary/aromatic N) is 3. The second kappa shape index (κ2) is 7.30. The first-order valence-corrected chi connectivity index (χ1v) is 9.17. The van der Waals surface area contributed by atoms with E-state index in [2.05, 4.69) is 19.5 Å². The van der Waals surface area contributed by atoms with Crippen LogP contribution in [0.25, 0.3) is 0 Å². The van der Waals surface area contributed by atoms with Crippen LogP contribution in [0, 0.1) is 0 Å². The van der Waals surface area contributed by atoms with E-state index in [0.717, 1.165) is 43.7 Å². The van der Waals surface area contributed by atoms with Gasteiger partial charge in [0.25, 0.3) is 0 Å². The number of halogens is 4. The van der Waals surface area contributed by atoms with Gasteiger partial charge >= 0.3 is 6.36 Å². The number of piperazine rings is 1. The van der Waals surface area contributed by atoms with E-state index in [4.69, 9.17) is 11.6 Å². The minimum Gasteiger partial charge on any atom is -0.406 e. The highest BCUT2D eigenvalue weighted by molar-refractivity contribution is 6.29. The number of alkyl halides is 3. The average Bonchev–Trinajstić information content (AvgIpc) is 3.17. The van der Waals surface area contributed by atoms with Gasteiger partial charge < -0.3 is 4.74 Å². The molecule has 0 spiro atoms. The van der Waals surface area contributed by atoms with Crippen molar-refractivity contribution >= 4 is 11.6 Å². The molecule has 2 aromatic rings. The molecule has 2 aliphatic heterocycles. The number of ether oxygens (including phenoxy) is 1. The zero-order valence-electron chi connectivity index (χ0n) is 14.5. The molecule has 2 fully saturated rings. The van der Waals surface area contributed by atoms with Gasteiger partial charge in [0, 0.05) is 44.5 Å². The molecule has 2 unspecified atom stereocenters. The van der Waals surface area contributed by atoms with Crippen molar-refractivity contribution < 1.29 is 17.9 Å². The van der Waals surface area contributed by atoms with Crippen LogP contribution in [-0.2, 0) is 13.1 Å². The highest BCUT2D eigenvalue weighted by Gasteiger charge is 2.42. The topological polar surface area (TPSA) is 28.6 Å². The zero-order valence-corrected chi connectivity index (χ0v) is 15.2. The van der Waals surface area contributed by atoms with Crippen molar-refractivity contribution in [3.8, 4) is 5.75 Å². The minimum atomic E-state index is -4.65. The van der Waals surface area contributed by atoms with Crippen molar-refractivity contribution in [2.45, 2.75) is 38.0 Å². The summed E-state index contributed by atoms with van der Waals surface area (Å²) in [6.07, 6.45) is -1.72. The Bertz CT molecular complexity index is 782. The van der Waals surface area contributed by atoms with Gasteiger partial charge in [-0.25, -0.2) is 4.98 Å². The summed E-state index contributed by atoms with van der Waals surface area (Å²) >= 11 is 5.83. The van der Waals surface area contributed by atoms with Crippen LogP contribution in [0.1, 0.15) is 17.5 Å². The third-order valence-electron chi connectivity index (χ3n) is 5.18. The summed E-state index contributed by atoms with van der Waals surface area (Å²) in [5, 5.41) is 0.500. The van der Waals surface area contributed by atoms with Crippen molar-refractivity contribution in [2.75, 3.05) is 13.1 Å². The number of likely N-dealkylation sites (tertiary alicyclic amines) is 2. The minimum absolute atomic E-state index is 0.183. The molecule has 1 aromatic carbocycles. The average molecular weight is 398 g/mol. The third-order valence-corrected chi connectivity index (χ3v) is 5.41. The lowest BCUT2D eigenvalue weighted by atomic mass is 10.2. The second-order valence-electron chi connectivity index (χ2n) is 7.08. The molecule has 0 N–H and O–H groups in total. The third kappa shape index (κ3) is 4.54. The molecular formula is C19H19ClF3N3O. The Hall–Kier alpha value is -1.83. The van der Waals surface area contributed by atoms with Crippen LogP contribution < -0.4 is 4.74 Å². The molecule has 3 heterocycles. The maximum atomic E-state index is 12.2. The fourth-order valence-electron chi connectivity index (χ4n) is 3.98. The molecule has 4 rings (SSSR count). The summed E-state index contributed by atoms with van der Waals surface area (Å²) in [6.45, 7) is 3.56. The van der Waals surface area contributed by atoms with Crippen LogP contribution >= 0.6 is 11.6 Å². The Kier molecular flexibility index (Phi) is 5.01. The van der Waals surface area contributed by atoms with E-state index in [-0.39, 0.29) is 5.75 Å². The van der Waals surface area contributed by atoms with E-state index in [1.54, 1.807) is 12.1 Å². The Morgan fingerprint density at radius 3 is 2.07 bits per heavy atom. The van der Waals surface area contributed by atoms with E-state index >= 15 is 0 Å². The molecule has 2 saturated heterocycles. The number of hydrogen-bond donors (Lipinski definition) is 0. The van der Waals surface area contributed by atoms with Gasteiger partial charge in [-0.05, 0) is 35.7 Å². The predicted molar refractivity (Wildman–Crippen MR) is 95.4 cm³/mol. The molecule has 0 amide bonds. The highest BCUT2D eigenvalue weighted by Crippen LogP contribution is 2.33. The van der Waals surface area contributed by atoms with Gasteiger partial charge in [-0.3, -0.25) is 9.80 Å². The zero-order chi connectivity index (χ0) is 19.0. The molecule has 0 radical (unpaired) electrons. The normalized spacial score (nSPS) is 23.1. The smallest absolute Gasteiger partial charge is 0.406 e. The molecular weight excluding hydrogens is 379 g/mol. The number of pyridine rings is 1. The molecule has 0 saturated carbocycles. The Balaban J connectivity index is 1.31. The fraction of sp³-hybridized carbons (Fsp3) is 0.421. The molecule has 2 aliphatic rings. The van der Waals surface area contributed by atoms with Gasteiger partial charge in [0.05, 0.1) is 0 Å². The first-order valence-electron chi connectivity index (χ1n) is 8.79. The fourth-order valence-corrected chi connectivity index (χ4v) is 4.10. The van der Waals surface area contributed by atoms with E-state index < -0.39 is 6.36 Å². The van der Waals surface area contributed by atoms with Crippen LogP contribution in [0.2, 0.25) is 5.15 Å². The predicted octanol–water partition coefficient (Wildman–Crippen LogP) is 4.09. The summed E-state index contributed by atoms with van der Waals surface area (Å²) in [7, 11) is 0. The van der Waals surface area contributed by atoms with E-state index in [1.807, 2.05) is 18.3 Å². The van der Waals surface area contributed by atoms with Crippen LogP contribution in [-0.4, -0.2) is 46.3 Å². The molecule has 0 aliphatic carbocycles. The number of benzene rings is 1. The molecule has 2 atom stereocenters. The number of fused-ring (bicyclic) bond motifs is 2. The summed E-state index contributed by atoms with van der Waals surface area (Å²) in [4.78, 5) is 9.00. The van der Waals surface area contributed by atoms with Gasteiger partial charge in [-0.2, -0.15) is 0 Å². The lowest BCUT2D eigenvalue weighted by molar-refractivity contribution is -0.274. The molecule has 1 aromatic heterocycles. The largest absolute Gasteiger partial charge is 0.573 e. The standard InChI is InChI=1S/C19H19ClF3N3O/c20-18-6-3-14(8-24-18)10-26-12-15-7-16(26)11-25(15)9-13-1-4-17(5-2-13)27-19(21,22)23/h1-6,8,15-16H,7,9-12H2. The summed E-state index contributed by atoms with van der Waals surface area (Å²) in [5.41, 5.74) is 2.14. The Labute approximate surface area is 160 Å². The molecule has 27 heavy (non-hydrogen) atoms. The Morgan fingerprint density at radius 2 is 1.56 bits per heavy atom. The second-order valence-corrected chi connectivity index (χ2v) is 7.47. The van der Waals surface area contributed by atoms with Crippen molar-refractivity contribution in [3.05, 3.63) is 58.9 Å². The van der Waals surface area contributed by atoms with Crippen LogP contribution in [0.3, 0.4) is 0 Å². The van der Waals surface area contributed by atoms with E-state index in [1.165, 1.54) is 12.1 Å². The molecule has 4 nitrogen and oxygen atoms in total. The summed E-state index contributed by atoms with van der Waals surface area (Å²) in [5.74, 6) is -0.183. The van der Waals surface area contributed by atoms with Crippen molar-refractivity contribution in [2.24, 2.45) is 0 Å². The molecule has 2 bridgehead atoms. The molecule has 8 heteroatoms. The van der Waals surface area contributed by atoms with Crippen LogP contribution in [0.15, 0.2) is 42.6 Å². The van der Waals surface area contributed by atoms with Crippen LogP contribution in [0.4, 0.5) is 13.2 Å². The maximum Gasteiger partial charge on any atom is 0.573 e. The van der Waals surface area contributed by atoms with Crippen molar-refractivity contribution in [1.29, 1.82) is 0 Å². The van der Waals surface area contributed by atoms with Gasteiger partial charge in [0.15, 0.2) is 0 Å². The van der Waals surface area contributed by atoms with Gasteiger partial charge in [-0.15, -0.1) is 13.2 Å². The van der Waals surface area contributed by atoms with Gasteiger partial charge in [0.1, 0.15) is 10.9 Å². The van der Waals surface area contributed by atoms with E-state index in [9.17, 15) is 13.2 Å². The first kappa shape index (κ1) is 18.5. The van der Waals surface area contributed by atoms with Gasteiger partial charge in [0.2, 0.25) is 0 Å². The SMILES string of the molecule is FC(F)(F)Oc1ccc(CN2CC3CC2CN3Cc2ccc(Cl)nc2)cc1. The first-order chi connectivity index (χ1) is 12.9. The maximum absolute atomic E-state index is 12.2. The van der Waals surface area contributed by atoms with Gasteiger partial charge in [-0.1, -0.05) is 29.8 Å². The summed E-state index contributed by atoms with van der Waals surface area (Å²) in [6, 6.07) is 10.9. The number of hydrogen-bond acceptors (Lipinski definition) is 4. The lowest BCUT2D eigenvalue weighted by Gasteiger charge is -2.34. The van der Waals surface area contributed by atoms with Crippen molar-refractivity contribution in [3.63, 3.8) is 0 Å². The Morgan fingerprint density at radius 1 is 0.963 bits per heavy atom. The van der Waals surface area contributed by atoms with E-state index in [0.29, 0.717) is 17.2 Å². The monoisotopic (exact) mass is 397 g/mol. The number of aromatic nitrogens is 1. The quantitative estimate of drug-likeness (QED) is 0.710. The highest BCUT2D eigenvalue weighted by atomic mass is 35.5.